The molecule has 0 saturated carbocycles. The van der Waals surface area contributed by atoms with Gasteiger partial charge in [0, 0.05) is 19.2 Å². The van der Waals surface area contributed by atoms with Crippen LogP contribution < -0.4 is 10.1 Å². The summed E-state index contributed by atoms with van der Waals surface area (Å²) in [6.45, 7) is 4.73. The summed E-state index contributed by atoms with van der Waals surface area (Å²) in [6.07, 6.45) is 0.421. The predicted molar refractivity (Wildman–Crippen MR) is 76.5 cm³/mol. The van der Waals surface area contributed by atoms with Crippen molar-refractivity contribution in [2.75, 3.05) is 20.8 Å². The molecule has 0 heterocycles. The SMILES string of the molecule is CCC(COC)NC(C)C(O)c1ccc(OC)cc1. The zero-order valence-corrected chi connectivity index (χ0v) is 12.2. The van der Waals surface area contributed by atoms with Gasteiger partial charge < -0.3 is 19.9 Å². The Bertz CT molecular complexity index is 353. The van der Waals surface area contributed by atoms with Crippen LogP contribution in [-0.4, -0.2) is 38.0 Å². The van der Waals surface area contributed by atoms with Crippen LogP contribution in [0.4, 0.5) is 0 Å². The van der Waals surface area contributed by atoms with Gasteiger partial charge in [0.15, 0.2) is 0 Å². The van der Waals surface area contributed by atoms with Gasteiger partial charge >= 0.3 is 0 Å². The molecule has 4 heteroatoms. The number of methoxy groups -OCH3 is 2. The summed E-state index contributed by atoms with van der Waals surface area (Å²) >= 11 is 0. The van der Waals surface area contributed by atoms with Crippen LogP contribution in [0.1, 0.15) is 31.9 Å². The fourth-order valence-corrected chi connectivity index (χ4v) is 2.04. The maximum atomic E-state index is 10.3. The molecule has 4 nitrogen and oxygen atoms in total. The van der Waals surface area contributed by atoms with Gasteiger partial charge in [-0.1, -0.05) is 19.1 Å². The lowest BCUT2D eigenvalue weighted by Crippen LogP contribution is -2.42. The summed E-state index contributed by atoms with van der Waals surface area (Å²) < 4.78 is 10.3. The number of nitrogens with one attached hydrogen (secondary N) is 1. The first-order chi connectivity index (χ1) is 9.12. The van der Waals surface area contributed by atoms with Crippen LogP contribution in [0.5, 0.6) is 5.75 Å². The van der Waals surface area contributed by atoms with E-state index >= 15 is 0 Å². The molecule has 1 aromatic rings. The standard InChI is InChI=1S/C15H25NO3/c1-5-13(10-18-3)16-11(2)15(17)12-6-8-14(19-4)9-7-12/h6-9,11,13,15-17H,5,10H2,1-4H3. The van der Waals surface area contributed by atoms with Crippen molar-refractivity contribution in [2.45, 2.75) is 38.5 Å². The highest BCUT2D eigenvalue weighted by molar-refractivity contribution is 5.29. The third-order valence-electron chi connectivity index (χ3n) is 3.29. The molecule has 3 atom stereocenters. The van der Waals surface area contributed by atoms with E-state index in [0.717, 1.165) is 17.7 Å². The summed E-state index contributed by atoms with van der Waals surface area (Å²) in [7, 11) is 3.32. The van der Waals surface area contributed by atoms with Gasteiger partial charge in [-0.15, -0.1) is 0 Å². The van der Waals surface area contributed by atoms with Crippen LogP contribution in [0.2, 0.25) is 0 Å². The summed E-state index contributed by atoms with van der Waals surface area (Å²) in [5, 5.41) is 13.7. The van der Waals surface area contributed by atoms with Gasteiger partial charge in [-0.25, -0.2) is 0 Å². The van der Waals surface area contributed by atoms with Crippen molar-refractivity contribution in [3.63, 3.8) is 0 Å². The van der Waals surface area contributed by atoms with Gasteiger partial charge in [-0.2, -0.15) is 0 Å². The lowest BCUT2D eigenvalue weighted by molar-refractivity contribution is 0.107. The molecule has 1 rings (SSSR count). The maximum absolute atomic E-state index is 10.3. The first kappa shape index (κ1) is 16.0. The highest BCUT2D eigenvalue weighted by Gasteiger charge is 2.19. The second-order valence-corrected chi connectivity index (χ2v) is 4.73. The molecule has 0 saturated heterocycles. The number of hydrogen-bond donors (Lipinski definition) is 2. The molecule has 0 amide bonds. The van der Waals surface area contributed by atoms with Crippen molar-refractivity contribution in [2.24, 2.45) is 0 Å². The molecule has 0 spiro atoms. The van der Waals surface area contributed by atoms with Gasteiger partial charge in [-0.3, -0.25) is 0 Å². The quantitative estimate of drug-likeness (QED) is 0.757. The predicted octanol–water partition coefficient (Wildman–Crippen LogP) is 2.13. The molecule has 0 aliphatic carbocycles. The van der Waals surface area contributed by atoms with Crippen molar-refractivity contribution < 1.29 is 14.6 Å². The Morgan fingerprint density at radius 3 is 2.32 bits per heavy atom. The minimum absolute atomic E-state index is 0.0338. The second-order valence-electron chi connectivity index (χ2n) is 4.73. The largest absolute Gasteiger partial charge is 0.497 e. The first-order valence-electron chi connectivity index (χ1n) is 6.69. The minimum Gasteiger partial charge on any atom is -0.497 e. The van der Waals surface area contributed by atoms with E-state index in [2.05, 4.69) is 12.2 Å². The van der Waals surface area contributed by atoms with E-state index in [9.17, 15) is 5.11 Å². The molecule has 3 unspecified atom stereocenters. The van der Waals surface area contributed by atoms with Crippen LogP contribution in [0.3, 0.4) is 0 Å². The molecule has 0 aliphatic heterocycles. The van der Waals surface area contributed by atoms with Gasteiger partial charge in [0.25, 0.3) is 0 Å². The van der Waals surface area contributed by atoms with E-state index in [4.69, 9.17) is 9.47 Å². The summed E-state index contributed by atoms with van der Waals surface area (Å²) in [6, 6.07) is 7.72. The summed E-state index contributed by atoms with van der Waals surface area (Å²) in [4.78, 5) is 0. The summed E-state index contributed by atoms with van der Waals surface area (Å²) in [5.41, 5.74) is 0.882. The molecule has 0 aliphatic rings. The van der Waals surface area contributed by atoms with Gasteiger partial charge in [0.2, 0.25) is 0 Å². The molecule has 108 valence electrons. The van der Waals surface area contributed by atoms with Crippen molar-refractivity contribution in [3.8, 4) is 5.75 Å². The molecule has 1 aromatic carbocycles. The van der Waals surface area contributed by atoms with Crippen molar-refractivity contribution in [1.29, 1.82) is 0 Å². The fraction of sp³-hybridized carbons (Fsp3) is 0.600. The second kappa shape index (κ2) is 8.15. The molecule has 0 aromatic heterocycles. The number of rotatable bonds is 8. The Hall–Kier alpha value is -1.10. The van der Waals surface area contributed by atoms with Crippen LogP contribution >= 0.6 is 0 Å². The number of hydrogen-bond acceptors (Lipinski definition) is 4. The van der Waals surface area contributed by atoms with Crippen molar-refractivity contribution in [1.82, 2.24) is 5.32 Å². The molecular formula is C15H25NO3. The fourth-order valence-electron chi connectivity index (χ4n) is 2.04. The zero-order chi connectivity index (χ0) is 14.3. The van der Waals surface area contributed by atoms with Crippen molar-refractivity contribution >= 4 is 0 Å². The van der Waals surface area contributed by atoms with Crippen molar-refractivity contribution in [3.05, 3.63) is 29.8 Å². The maximum Gasteiger partial charge on any atom is 0.118 e. The van der Waals surface area contributed by atoms with E-state index in [1.165, 1.54) is 0 Å². The van der Waals surface area contributed by atoms with E-state index in [0.29, 0.717) is 6.61 Å². The first-order valence-corrected chi connectivity index (χ1v) is 6.69. The molecule has 0 fully saturated rings. The Labute approximate surface area is 115 Å². The van der Waals surface area contributed by atoms with Crippen LogP contribution in [0.15, 0.2) is 24.3 Å². The lowest BCUT2D eigenvalue weighted by atomic mass is 10.0. The molecule has 0 bridgehead atoms. The van der Waals surface area contributed by atoms with Gasteiger partial charge in [-0.05, 0) is 31.0 Å². The minimum atomic E-state index is -0.545. The van der Waals surface area contributed by atoms with Gasteiger partial charge in [0.1, 0.15) is 5.75 Å². The van der Waals surface area contributed by atoms with Crippen LogP contribution in [-0.2, 0) is 4.74 Å². The Morgan fingerprint density at radius 1 is 1.21 bits per heavy atom. The molecule has 0 radical (unpaired) electrons. The molecular weight excluding hydrogens is 242 g/mol. The van der Waals surface area contributed by atoms with Crippen LogP contribution in [0, 0.1) is 0 Å². The number of benzene rings is 1. The monoisotopic (exact) mass is 267 g/mol. The normalized spacial score (nSPS) is 15.8. The van der Waals surface area contributed by atoms with E-state index in [-0.39, 0.29) is 12.1 Å². The van der Waals surface area contributed by atoms with Crippen LogP contribution in [0.25, 0.3) is 0 Å². The lowest BCUT2D eigenvalue weighted by Gasteiger charge is -2.26. The third-order valence-corrected chi connectivity index (χ3v) is 3.29. The van der Waals surface area contributed by atoms with E-state index < -0.39 is 6.10 Å². The highest BCUT2D eigenvalue weighted by atomic mass is 16.5. The van der Waals surface area contributed by atoms with Gasteiger partial charge in [0.05, 0.1) is 19.8 Å². The average molecular weight is 267 g/mol. The zero-order valence-electron chi connectivity index (χ0n) is 12.2. The Kier molecular flexibility index (Phi) is 6.84. The average Bonchev–Trinajstić information content (AvgIpc) is 2.45. The number of ether oxygens (including phenoxy) is 2. The number of aliphatic hydroxyl groups excluding tert-OH is 1. The third kappa shape index (κ3) is 4.82. The molecule has 2 N–H and O–H groups in total. The van der Waals surface area contributed by atoms with E-state index in [1.807, 2.05) is 31.2 Å². The summed E-state index contributed by atoms with van der Waals surface area (Å²) in [5.74, 6) is 0.794. The highest BCUT2D eigenvalue weighted by Crippen LogP contribution is 2.20. The Balaban J connectivity index is 2.61. The smallest absolute Gasteiger partial charge is 0.118 e. The topological polar surface area (TPSA) is 50.7 Å². The Morgan fingerprint density at radius 2 is 1.84 bits per heavy atom. The molecule has 19 heavy (non-hydrogen) atoms. The van der Waals surface area contributed by atoms with E-state index in [1.54, 1.807) is 14.2 Å². The number of aliphatic hydroxyl groups is 1.